The molecular formula is C26H27N3O4S. The molecular weight excluding hydrogens is 450 g/mol. The fraction of sp³-hybridized carbons (Fsp3) is 0.308. The van der Waals surface area contributed by atoms with Crippen LogP contribution in [0.5, 0.6) is 11.5 Å². The smallest absolute Gasteiger partial charge is 0.300 e. The number of methoxy groups -OCH3 is 1. The van der Waals surface area contributed by atoms with Crippen LogP contribution in [0.25, 0.3) is 22.3 Å². The molecule has 2 aromatic heterocycles. The fourth-order valence-corrected chi connectivity index (χ4v) is 4.52. The molecule has 4 rings (SSSR count). The lowest BCUT2D eigenvalue weighted by Gasteiger charge is -2.11. The van der Waals surface area contributed by atoms with Crippen molar-refractivity contribution in [2.45, 2.75) is 39.0 Å². The summed E-state index contributed by atoms with van der Waals surface area (Å²) in [6.07, 6.45) is 7.58. The SMILES string of the molecule is CCCCCCCOc1ccc(/C=c2\sc3nc(=O)c(-c4ccccc4)nn3c2=O)cc1OC. The molecule has 0 radical (unpaired) electrons. The van der Waals surface area contributed by atoms with Gasteiger partial charge in [0, 0.05) is 5.56 Å². The summed E-state index contributed by atoms with van der Waals surface area (Å²) in [4.78, 5) is 29.8. The second-order valence-electron chi connectivity index (χ2n) is 7.91. The lowest BCUT2D eigenvalue weighted by Crippen LogP contribution is -2.26. The Bertz CT molecular complexity index is 1430. The zero-order valence-corrected chi connectivity index (χ0v) is 20.1. The van der Waals surface area contributed by atoms with Gasteiger partial charge in [0.25, 0.3) is 5.56 Å². The highest BCUT2D eigenvalue weighted by Gasteiger charge is 2.13. The largest absolute Gasteiger partial charge is 0.493 e. The first-order chi connectivity index (χ1) is 16.6. The van der Waals surface area contributed by atoms with E-state index in [-0.39, 0.29) is 16.2 Å². The summed E-state index contributed by atoms with van der Waals surface area (Å²) in [5.41, 5.74) is 0.767. The maximum atomic E-state index is 13.0. The van der Waals surface area contributed by atoms with Gasteiger partial charge in [-0.15, -0.1) is 0 Å². The number of thiazole rings is 1. The number of benzene rings is 2. The third-order valence-corrected chi connectivity index (χ3v) is 6.38. The van der Waals surface area contributed by atoms with E-state index in [9.17, 15) is 9.59 Å². The van der Waals surface area contributed by atoms with Crippen LogP contribution in [0.4, 0.5) is 0 Å². The molecule has 0 saturated heterocycles. The molecule has 0 N–H and O–H groups in total. The second-order valence-corrected chi connectivity index (χ2v) is 8.92. The minimum Gasteiger partial charge on any atom is -0.493 e. The van der Waals surface area contributed by atoms with Gasteiger partial charge in [0.2, 0.25) is 4.96 Å². The molecule has 0 aliphatic rings. The summed E-state index contributed by atoms with van der Waals surface area (Å²) in [6.45, 7) is 2.84. The Morgan fingerprint density at radius 3 is 2.56 bits per heavy atom. The number of hydrogen-bond donors (Lipinski definition) is 0. The molecule has 0 spiro atoms. The van der Waals surface area contributed by atoms with Gasteiger partial charge < -0.3 is 9.47 Å². The number of fused-ring (bicyclic) bond motifs is 1. The Hall–Kier alpha value is -3.52. The van der Waals surface area contributed by atoms with E-state index in [2.05, 4.69) is 17.0 Å². The number of aromatic nitrogens is 3. The maximum Gasteiger partial charge on any atom is 0.300 e. The monoisotopic (exact) mass is 477 g/mol. The zero-order chi connectivity index (χ0) is 23.9. The number of rotatable bonds is 10. The standard InChI is InChI=1S/C26H27N3O4S/c1-3-4-5-6-10-15-33-20-14-13-18(16-21(20)32-2)17-22-25(31)29-26(34-22)27-24(30)23(28-29)19-11-8-7-9-12-19/h7-9,11-14,16-17H,3-6,10,15H2,1-2H3/b22-17-. The van der Waals surface area contributed by atoms with Gasteiger partial charge in [-0.25, -0.2) is 0 Å². The third kappa shape index (κ3) is 5.34. The van der Waals surface area contributed by atoms with Crippen LogP contribution < -0.4 is 25.1 Å². The van der Waals surface area contributed by atoms with E-state index in [0.717, 1.165) is 29.7 Å². The van der Waals surface area contributed by atoms with Gasteiger partial charge in [-0.05, 0) is 30.2 Å². The number of nitrogens with zero attached hydrogens (tertiary/aromatic N) is 3. The maximum absolute atomic E-state index is 13.0. The molecule has 8 heteroatoms. The summed E-state index contributed by atoms with van der Waals surface area (Å²) in [7, 11) is 1.59. The lowest BCUT2D eigenvalue weighted by atomic mass is 10.1. The van der Waals surface area contributed by atoms with Crippen LogP contribution in [0.15, 0.2) is 58.1 Å². The predicted molar refractivity (Wildman–Crippen MR) is 135 cm³/mol. The van der Waals surface area contributed by atoms with E-state index in [1.165, 1.54) is 23.8 Å². The molecule has 0 aliphatic carbocycles. The first-order valence-corrected chi connectivity index (χ1v) is 12.2. The average Bonchev–Trinajstić information content (AvgIpc) is 3.15. The molecule has 0 atom stereocenters. The summed E-state index contributed by atoms with van der Waals surface area (Å²) in [5.74, 6) is 1.28. The van der Waals surface area contributed by atoms with Crippen molar-refractivity contribution in [3.8, 4) is 22.8 Å². The highest BCUT2D eigenvalue weighted by Crippen LogP contribution is 2.28. The quantitative estimate of drug-likeness (QED) is 0.320. The zero-order valence-electron chi connectivity index (χ0n) is 19.3. The normalized spacial score (nSPS) is 11.8. The van der Waals surface area contributed by atoms with E-state index in [1.807, 2.05) is 36.4 Å². The summed E-state index contributed by atoms with van der Waals surface area (Å²) < 4.78 is 13.0. The van der Waals surface area contributed by atoms with Crippen molar-refractivity contribution in [1.82, 2.24) is 14.6 Å². The van der Waals surface area contributed by atoms with Crippen molar-refractivity contribution >= 4 is 22.4 Å². The van der Waals surface area contributed by atoms with Crippen LogP contribution in [0.2, 0.25) is 0 Å². The van der Waals surface area contributed by atoms with Gasteiger partial charge in [-0.2, -0.15) is 14.6 Å². The molecule has 34 heavy (non-hydrogen) atoms. The number of unbranched alkanes of at least 4 members (excludes halogenated alkanes) is 4. The van der Waals surface area contributed by atoms with E-state index in [4.69, 9.17) is 9.47 Å². The van der Waals surface area contributed by atoms with Gasteiger partial charge in [0.05, 0.1) is 18.2 Å². The molecule has 7 nitrogen and oxygen atoms in total. The summed E-state index contributed by atoms with van der Waals surface area (Å²) in [6, 6.07) is 14.6. The first-order valence-electron chi connectivity index (χ1n) is 11.4. The van der Waals surface area contributed by atoms with E-state index < -0.39 is 5.56 Å². The first kappa shape index (κ1) is 23.6. The minimum absolute atomic E-state index is 0.150. The van der Waals surface area contributed by atoms with E-state index >= 15 is 0 Å². The molecule has 0 fully saturated rings. The van der Waals surface area contributed by atoms with Crippen molar-refractivity contribution < 1.29 is 9.47 Å². The van der Waals surface area contributed by atoms with Crippen molar-refractivity contribution in [3.63, 3.8) is 0 Å². The molecule has 0 aliphatic heterocycles. The van der Waals surface area contributed by atoms with Gasteiger partial charge in [-0.1, -0.05) is 80.3 Å². The minimum atomic E-state index is -0.461. The molecule has 0 amide bonds. The number of hydrogen-bond acceptors (Lipinski definition) is 7. The Morgan fingerprint density at radius 2 is 1.79 bits per heavy atom. The van der Waals surface area contributed by atoms with Gasteiger partial charge in [0.1, 0.15) is 0 Å². The molecule has 0 bridgehead atoms. The lowest BCUT2D eigenvalue weighted by molar-refractivity contribution is 0.285. The Morgan fingerprint density at radius 1 is 1.00 bits per heavy atom. The molecule has 4 aromatic rings. The van der Waals surface area contributed by atoms with Crippen molar-refractivity contribution in [1.29, 1.82) is 0 Å². The topological polar surface area (TPSA) is 82.8 Å². The summed E-state index contributed by atoms with van der Waals surface area (Å²) in [5, 5.41) is 4.29. The predicted octanol–water partition coefficient (Wildman–Crippen LogP) is 4.08. The highest BCUT2D eigenvalue weighted by molar-refractivity contribution is 7.15. The van der Waals surface area contributed by atoms with Crippen molar-refractivity contribution in [2.75, 3.05) is 13.7 Å². The van der Waals surface area contributed by atoms with Crippen LogP contribution in [-0.2, 0) is 0 Å². The van der Waals surface area contributed by atoms with Crippen molar-refractivity contribution in [2.24, 2.45) is 0 Å². The van der Waals surface area contributed by atoms with Crippen LogP contribution in [0.1, 0.15) is 44.6 Å². The van der Waals surface area contributed by atoms with Crippen molar-refractivity contribution in [3.05, 3.63) is 79.3 Å². The molecule has 176 valence electrons. The number of ether oxygens (including phenoxy) is 2. The Labute approximate surface area is 201 Å². The fourth-order valence-electron chi connectivity index (χ4n) is 3.62. The molecule has 2 heterocycles. The molecule has 0 saturated carbocycles. The Kier molecular flexibility index (Phi) is 7.69. The van der Waals surface area contributed by atoms with Gasteiger partial charge >= 0.3 is 5.56 Å². The average molecular weight is 478 g/mol. The van der Waals surface area contributed by atoms with Gasteiger partial charge in [-0.3, -0.25) is 9.59 Å². The van der Waals surface area contributed by atoms with Crippen LogP contribution in [0.3, 0.4) is 0 Å². The second kappa shape index (κ2) is 11.1. The van der Waals surface area contributed by atoms with Crippen LogP contribution in [0, 0.1) is 0 Å². The van der Waals surface area contributed by atoms with Crippen LogP contribution >= 0.6 is 11.3 Å². The van der Waals surface area contributed by atoms with E-state index in [0.29, 0.717) is 28.2 Å². The summed E-state index contributed by atoms with van der Waals surface area (Å²) >= 11 is 1.13. The Balaban J connectivity index is 1.60. The van der Waals surface area contributed by atoms with E-state index in [1.54, 1.807) is 25.3 Å². The van der Waals surface area contributed by atoms with Crippen LogP contribution in [-0.4, -0.2) is 28.3 Å². The van der Waals surface area contributed by atoms with Gasteiger partial charge in [0.15, 0.2) is 17.2 Å². The molecule has 0 unspecified atom stereocenters. The highest BCUT2D eigenvalue weighted by atomic mass is 32.1. The third-order valence-electron chi connectivity index (χ3n) is 5.42. The molecule has 2 aromatic carbocycles.